The Bertz CT molecular complexity index is 343. The average Bonchev–Trinajstić information content (AvgIpc) is 2.54. The van der Waals surface area contributed by atoms with Crippen LogP contribution in [0.3, 0.4) is 0 Å². The number of hydrogen-bond donors (Lipinski definition) is 2. The van der Waals surface area contributed by atoms with Crippen molar-refractivity contribution in [3.63, 3.8) is 0 Å². The summed E-state index contributed by atoms with van der Waals surface area (Å²) in [4.78, 5) is 0. The lowest BCUT2D eigenvalue weighted by molar-refractivity contribution is 0.280. The first-order chi connectivity index (χ1) is 10.7. The lowest BCUT2D eigenvalue weighted by Crippen LogP contribution is -1.95. The molecule has 0 bridgehead atoms. The van der Waals surface area contributed by atoms with Crippen LogP contribution < -0.4 is 0 Å². The first-order valence-electron chi connectivity index (χ1n) is 8.32. The van der Waals surface area contributed by atoms with Crippen LogP contribution in [0.15, 0.2) is 24.3 Å². The molecular weight excluding hydrogens is 272 g/mol. The third-order valence-corrected chi connectivity index (χ3v) is 3.47. The van der Waals surface area contributed by atoms with Crippen molar-refractivity contribution in [2.24, 2.45) is 0 Å². The molecule has 0 aromatic rings. The summed E-state index contributed by atoms with van der Waals surface area (Å²) in [7, 11) is 0. The first kappa shape index (κ1) is 20.5. The number of terminal acetylenes is 2. The highest BCUT2D eigenvalue weighted by atomic mass is 16.3. The lowest BCUT2D eigenvalue weighted by atomic mass is 10.1. The molecule has 0 aromatic heterocycles. The van der Waals surface area contributed by atoms with Crippen molar-refractivity contribution < 1.29 is 10.2 Å². The second-order valence-electron chi connectivity index (χ2n) is 5.49. The summed E-state index contributed by atoms with van der Waals surface area (Å²) in [5.74, 6) is 4.52. The van der Waals surface area contributed by atoms with Crippen LogP contribution in [-0.2, 0) is 0 Å². The van der Waals surface area contributed by atoms with Crippen molar-refractivity contribution in [1.29, 1.82) is 0 Å². The van der Waals surface area contributed by atoms with Crippen molar-refractivity contribution >= 4 is 0 Å². The number of hydrogen-bond acceptors (Lipinski definition) is 2. The van der Waals surface area contributed by atoms with E-state index in [1.807, 2.05) is 12.2 Å². The Balaban J connectivity index is 3.22. The summed E-state index contributed by atoms with van der Waals surface area (Å²) < 4.78 is 0. The van der Waals surface area contributed by atoms with E-state index in [2.05, 4.69) is 11.8 Å². The molecule has 0 saturated carbocycles. The summed E-state index contributed by atoms with van der Waals surface area (Å²) in [6.07, 6.45) is 27.9. The molecule has 0 aliphatic heterocycles. The van der Waals surface area contributed by atoms with Gasteiger partial charge in [-0.3, -0.25) is 0 Å². The SMILES string of the molecule is C#C[C@@H](O)/C=C/CCCCCCCCCC/C=C/[C@H](O)C#C. The number of rotatable bonds is 13. The van der Waals surface area contributed by atoms with Gasteiger partial charge in [-0.1, -0.05) is 62.5 Å². The summed E-state index contributed by atoms with van der Waals surface area (Å²) in [5.41, 5.74) is 0. The quantitative estimate of drug-likeness (QED) is 0.307. The first-order valence-corrected chi connectivity index (χ1v) is 8.32. The van der Waals surface area contributed by atoms with Gasteiger partial charge in [-0.05, 0) is 37.8 Å². The molecule has 22 heavy (non-hydrogen) atoms. The molecule has 0 saturated heterocycles. The van der Waals surface area contributed by atoms with Gasteiger partial charge in [-0.25, -0.2) is 0 Å². The van der Waals surface area contributed by atoms with Crippen molar-refractivity contribution in [3.8, 4) is 24.7 Å². The largest absolute Gasteiger partial charge is 0.377 e. The van der Waals surface area contributed by atoms with Crippen molar-refractivity contribution in [2.45, 2.75) is 76.4 Å². The standard InChI is InChI=1S/C20H30O2/c1-3-19(21)17-15-13-11-9-7-5-6-8-10-12-14-16-18-20(22)4-2/h1-2,15-22H,5-14H2/b17-15+,18-16+/t19-,20-/m1/s1. The number of allylic oxidation sites excluding steroid dienone is 2. The van der Waals surface area contributed by atoms with E-state index in [0.717, 1.165) is 25.7 Å². The van der Waals surface area contributed by atoms with Gasteiger partial charge in [0.1, 0.15) is 12.2 Å². The maximum absolute atomic E-state index is 9.13. The zero-order chi connectivity index (χ0) is 16.5. The Morgan fingerprint density at radius 3 is 1.27 bits per heavy atom. The normalized spacial score (nSPS) is 14.0. The summed E-state index contributed by atoms with van der Waals surface area (Å²) in [5, 5.41) is 18.3. The van der Waals surface area contributed by atoms with E-state index in [1.54, 1.807) is 12.2 Å². The summed E-state index contributed by atoms with van der Waals surface area (Å²) in [6.45, 7) is 0. The molecule has 0 aliphatic carbocycles. The van der Waals surface area contributed by atoms with Crippen molar-refractivity contribution in [2.75, 3.05) is 0 Å². The van der Waals surface area contributed by atoms with Gasteiger partial charge in [0.15, 0.2) is 0 Å². The van der Waals surface area contributed by atoms with Crippen LogP contribution in [0, 0.1) is 24.7 Å². The third kappa shape index (κ3) is 14.9. The van der Waals surface area contributed by atoms with E-state index in [-0.39, 0.29) is 0 Å². The molecule has 2 N–H and O–H groups in total. The number of unbranched alkanes of at least 4 members (excludes halogenated alkanes) is 9. The van der Waals surface area contributed by atoms with Crippen LogP contribution in [0.1, 0.15) is 64.2 Å². The van der Waals surface area contributed by atoms with Gasteiger partial charge < -0.3 is 10.2 Å². The van der Waals surface area contributed by atoms with Crippen LogP contribution in [0.2, 0.25) is 0 Å². The van der Waals surface area contributed by atoms with Crippen LogP contribution in [0.4, 0.5) is 0 Å². The lowest BCUT2D eigenvalue weighted by Gasteiger charge is -2.01. The van der Waals surface area contributed by atoms with Crippen LogP contribution in [0.5, 0.6) is 0 Å². The fourth-order valence-corrected chi connectivity index (χ4v) is 2.15. The monoisotopic (exact) mass is 302 g/mol. The highest BCUT2D eigenvalue weighted by molar-refractivity contribution is 5.06. The molecule has 0 amide bonds. The zero-order valence-corrected chi connectivity index (χ0v) is 13.6. The Labute approximate surface area is 136 Å². The van der Waals surface area contributed by atoms with Gasteiger partial charge in [0.25, 0.3) is 0 Å². The predicted octanol–water partition coefficient (Wildman–Crippen LogP) is 3.99. The van der Waals surface area contributed by atoms with Gasteiger partial charge in [-0.2, -0.15) is 0 Å². The minimum atomic E-state index is -0.732. The second-order valence-corrected chi connectivity index (χ2v) is 5.49. The van der Waals surface area contributed by atoms with Gasteiger partial charge in [-0.15, -0.1) is 12.8 Å². The van der Waals surface area contributed by atoms with E-state index < -0.39 is 12.2 Å². The molecular formula is C20H30O2. The second kappa shape index (κ2) is 15.9. The van der Waals surface area contributed by atoms with Crippen LogP contribution >= 0.6 is 0 Å². The molecule has 0 heterocycles. The van der Waals surface area contributed by atoms with Crippen molar-refractivity contribution in [3.05, 3.63) is 24.3 Å². The van der Waals surface area contributed by atoms with E-state index in [0.29, 0.717) is 0 Å². The van der Waals surface area contributed by atoms with Crippen LogP contribution in [-0.4, -0.2) is 22.4 Å². The smallest absolute Gasteiger partial charge is 0.133 e. The van der Waals surface area contributed by atoms with E-state index in [4.69, 9.17) is 23.1 Å². The van der Waals surface area contributed by atoms with E-state index >= 15 is 0 Å². The van der Waals surface area contributed by atoms with E-state index in [9.17, 15) is 0 Å². The Kier molecular flexibility index (Phi) is 14.8. The maximum Gasteiger partial charge on any atom is 0.133 e. The molecule has 0 aromatic carbocycles. The van der Waals surface area contributed by atoms with Gasteiger partial charge in [0.2, 0.25) is 0 Å². The van der Waals surface area contributed by atoms with Crippen LogP contribution in [0.25, 0.3) is 0 Å². The third-order valence-electron chi connectivity index (χ3n) is 3.47. The molecule has 0 radical (unpaired) electrons. The van der Waals surface area contributed by atoms with E-state index in [1.165, 1.54) is 38.5 Å². The molecule has 122 valence electrons. The summed E-state index contributed by atoms with van der Waals surface area (Å²) in [6, 6.07) is 0. The molecule has 2 atom stereocenters. The fraction of sp³-hybridized carbons (Fsp3) is 0.600. The topological polar surface area (TPSA) is 40.5 Å². The number of aliphatic hydroxyl groups is 2. The minimum Gasteiger partial charge on any atom is -0.377 e. The molecule has 0 fully saturated rings. The Hall–Kier alpha value is -1.48. The molecule has 0 aliphatic rings. The maximum atomic E-state index is 9.13. The van der Waals surface area contributed by atoms with Gasteiger partial charge >= 0.3 is 0 Å². The highest BCUT2D eigenvalue weighted by Crippen LogP contribution is 2.11. The van der Waals surface area contributed by atoms with Gasteiger partial charge in [0, 0.05) is 0 Å². The summed E-state index contributed by atoms with van der Waals surface area (Å²) >= 11 is 0. The van der Waals surface area contributed by atoms with Gasteiger partial charge in [0.05, 0.1) is 0 Å². The Morgan fingerprint density at radius 2 is 0.955 bits per heavy atom. The zero-order valence-electron chi connectivity index (χ0n) is 13.6. The van der Waals surface area contributed by atoms with Crippen molar-refractivity contribution in [1.82, 2.24) is 0 Å². The average molecular weight is 302 g/mol. The fourth-order valence-electron chi connectivity index (χ4n) is 2.15. The highest BCUT2D eigenvalue weighted by Gasteiger charge is 1.93. The number of aliphatic hydroxyl groups excluding tert-OH is 2. The molecule has 2 nitrogen and oxygen atoms in total. The molecule has 0 spiro atoms. The molecule has 0 unspecified atom stereocenters. The minimum absolute atomic E-state index is 0.732. The molecule has 0 rings (SSSR count). The predicted molar refractivity (Wildman–Crippen MR) is 94.1 cm³/mol. The Morgan fingerprint density at radius 1 is 0.636 bits per heavy atom. The molecule has 2 heteroatoms.